The highest BCUT2D eigenvalue weighted by Gasteiger charge is 2.22. The lowest BCUT2D eigenvalue weighted by atomic mass is 10.2. The van der Waals surface area contributed by atoms with E-state index < -0.39 is 26.3 Å². The Morgan fingerprint density at radius 3 is 2.41 bits per heavy atom. The number of hydrogen-bond acceptors (Lipinski definition) is 3. The van der Waals surface area contributed by atoms with Crippen LogP contribution >= 0.6 is 0 Å². The molecule has 1 rings (SSSR count). The molecular formula is C11H16FNO3S. The van der Waals surface area contributed by atoms with Crippen LogP contribution in [0.1, 0.15) is 26.3 Å². The molecule has 0 saturated carbocycles. The van der Waals surface area contributed by atoms with Crippen LogP contribution in [0.4, 0.5) is 4.39 Å². The Morgan fingerprint density at radius 1 is 1.29 bits per heavy atom. The van der Waals surface area contributed by atoms with Crippen molar-refractivity contribution in [3.8, 4) is 0 Å². The normalized spacial score (nSPS) is 12.8. The van der Waals surface area contributed by atoms with Gasteiger partial charge in [-0.15, -0.1) is 0 Å². The quantitative estimate of drug-likeness (QED) is 0.848. The van der Waals surface area contributed by atoms with Crippen molar-refractivity contribution >= 4 is 10.0 Å². The van der Waals surface area contributed by atoms with E-state index in [0.29, 0.717) is 5.56 Å². The molecule has 1 aromatic rings. The van der Waals surface area contributed by atoms with Gasteiger partial charge in [0.1, 0.15) is 10.7 Å². The molecule has 4 nitrogen and oxygen atoms in total. The molecule has 17 heavy (non-hydrogen) atoms. The predicted octanol–water partition coefficient (Wildman–Crippen LogP) is 2.14. The fraction of sp³-hybridized carbons (Fsp3) is 0.455. The smallest absolute Gasteiger partial charge is 0.265 e. The van der Waals surface area contributed by atoms with Crippen LogP contribution in [0.15, 0.2) is 23.1 Å². The third-order valence-corrected chi connectivity index (χ3v) is 3.03. The highest BCUT2D eigenvalue weighted by molar-refractivity contribution is 7.89. The molecule has 0 fully saturated rings. The molecule has 0 aliphatic heterocycles. The Morgan fingerprint density at radius 2 is 1.88 bits per heavy atom. The van der Waals surface area contributed by atoms with E-state index in [1.54, 1.807) is 27.7 Å². The number of hydrogen-bond donors (Lipinski definition) is 1. The second-order valence-corrected chi connectivity index (χ2v) is 6.35. The topological polar surface area (TPSA) is 55.4 Å². The molecule has 1 N–H and O–H groups in total. The average Bonchev–Trinajstić information content (AvgIpc) is 2.18. The summed E-state index contributed by atoms with van der Waals surface area (Å²) in [5, 5.41) is 0. The van der Waals surface area contributed by atoms with Crippen molar-refractivity contribution in [1.29, 1.82) is 0 Å². The summed E-state index contributed by atoms with van der Waals surface area (Å²) in [5.74, 6) is -0.805. The van der Waals surface area contributed by atoms with Gasteiger partial charge in [-0.25, -0.2) is 12.8 Å². The summed E-state index contributed by atoms with van der Waals surface area (Å²) in [4.78, 5) is 6.44. The van der Waals surface area contributed by atoms with Crippen molar-refractivity contribution in [3.63, 3.8) is 0 Å². The summed E-state index contributed by atoms with van der Waals surface area (Å²) in [5.41, 5.74) is -0.0320. The Kier molecular flexibility index (Phi) is 3.91. The predicted molar refractivity (Wildman–Crippen MR) is 62.3 cm³/mol. The van der Waals surface area contributed by atoms with Gasteiger partial charge < -0.3 is 0 Å². The summed E-state index contributed by atoms with van der Waals surface area (Å²) in [7, 11) is -3.99. The van der Waals surface area contributed by atoms with Crippen LogP contribution in [0, 0.1) is 12.7 Å². The zero-order chi connectivity index (χ0) is 13.3. The maximum Gasteiger partial charge on any atom is 0.265 e. The van der Waals surface area contributed by atoms with E-state index in [2.05, 4.69) is 0 Å². The largest absolute Gasteiger partial charge is 0.281 e. The molecule has 0 spiro atoms. The van der Waals surface area contributed by atoms with Gasteiger partial charge in [0.2, 0.25) is 0 Å². The third-order valence-electron chi connectivity index (χ3n) is 1.83. The average molecular weight is 261 g/mol. The molecule has 0 radical (unpaired) electrons. The number of nitrogens with one attached hydrogen (secondary N) is 1. The molecule has 6 heteroatoms. The fourth-order valence-corrected chi connectivity index (χ4v) is 2.16. The molecule has 0 aliphatic carbocycles. The van der Waals surface area contributed by atoms with Gasteiger partial charge in [0, 0.05) is 0 Å². The van der Waals surface area contributed by atoms with Gasteiger partial charge in [0.05, 0.1) is 5.60 Å². The Hall–Kier alpha value is -0.980. The van der Waals surface area contributed by atoms with Crippen LogP contribution in [-0.2, 0) is 14.9 Å². The minimum atomic E-state index is -3.99. The molecule has 0 aromatic heterocycles. The SMILES string of the molecule is Cc1ccc(F)c(S(=O)(=O)NOC(C)(C)C)c1. The van der Waals surface area contributed by atoms with Gasteiger partial charge in [-0.05, 0) is 45.4 Å². The number of aryl methyl sites for hydroxylation is 1. The van der Waals surface area contributed by atoms with Crippen LogP contribution < -0.4 is 4.89 Å². The van der Waals surface area contributed by atoms with Gasteiger partial charge in [-0.3, -0.25) is 4.84 Å². The standard InChI is InChI=1S/C11H16FNO3S/c1-8-5-6-9(12)10(7-8)17(14,15)13-16-11(2,3)4/h5-7,13H,1-4H3. The monoisotopic (exact) mass is 261 g/mol. The van der Waals surface area contributed by atoms with E-state index in [1.807, 2.05) is 4.89 Å². The van der Waals surface area contributed by atoms with Crippen LogP contribution in [-0.4, -0.2) is 14.0 Å². The minimum absolute atomic E-state index is 0.415. The molecule has 1 aromatic carbocycles. The van der Waals surface area contributed by atoms with E-state index >= 15 is 0 Å². The van der Waals surface area contributed by atoms with Crippen LogP contribution in [0.2, 0.25) is 0 Å². The molecule has 0 atom stereocenters. The van der Waals surface area contributed by atoms with Crippen molar-refractivity contribution in [3.05, 3.63) is 29.6 Å². The van der Waals surface area contributed by atoms with Crippen molar-refractivity contribution < 1.29 is 17.6 Å². The summed E-state index contributed by atoms with van der Waals surface area (Å²) in [6.07, 6.45) is 0. The second kappa shape index (κ2) is 4.72. The molecule has 0 aliphatic rings. The van der Waals surface area contributed by atoms with Crippen LogP contribution in [0.3, 0.4) is 0 Å². The fourth-order valence-electron chi connectivity index (χ4n) is 1.04. The van der Waals surface area contributed by atoms with Gasteiger partial charge in [0.15, 0.2) is 0 Å². The lowest BCUT2D eigenvalue weighted by Crippen LogP contribution is -2.34. The maximum atomic E-state index is 13.4. The van der Waals surface area contributed by atoms with E-state index in [-0.39, 0.29) is 0 Å². The molecule has 0 heterocycles. The molecule has 96 valence electrons. The van der Waals surface area contributed by atoms with Gasteiger partial charge in [-0.2, -0.15) is 0 Å². The Bertz CT molecular complexity index is 506. The Balaban J connectivity index is 3.02. The molecule has 0 amide bonds. The second-order valence-electron chi connectivity index (χ2n) is 4.74. The first kappa shape index (κ1) is 14.1. The number of rotatable bonds is 3. The third kappa shape index (κ3) is 4.07. The van der Waals surface area contributed by atoms with Crippen molar-refractivity contribution in [1.82, 2.24) is 4.89 Å². The minimum Gasteiger partial charge on any atom is -0.281 e. The van der Waals surface area contributed by atoms with Crippen LogP contribution in [0.25, 0.3) is 0 Å². The van der Waals surface area contributed by atoms with Crippen molar-refractivity contribution in [2.45, 2.75) is 38.2 Å². The van der Waals surface area contributed by atoms with Crippen LogP contribution in [0.5, 0.6) is 0 Å². The first-order chi connectivity index (χ1) is 7.62. The number of sulfonamides is 1. The molecular weight excluding hydrogens is 245 g/mol. The molecule has 0 bridgehead atoms. The van der Waals surface area contributed by atoms with Gasteiger partial charge in [-0.1, -0.05) is 11.0 Å². The number of benzene rings is 1. The Labute approximate surface area is 101 Å². The highest BCUT2D eigenvalue weighted by Crippen LogP contribution is 2.17. The van der Waals surface area contributed by atoms with Gasteiger partial charge >= 0.3 is 0 Å². The van der Waals surface area contributed by atoms with E-state index in [0.717, 1.165) is 6.07 Å². The zero-order valence-electron chi connectivity index (χ0n) is 10.2. The summed E-state index contributed by atoms with van der Waals surface area (Å²) in [6.45, 7) is 6.73. The lowest BCUT2D eigenvalue weighted by Gasteiger charge is -2.19. The maximum absolute atomic E-state index is 13.4. The lowest BCUT2D eigenvalue weighted by molar-refractivity contribution is -0.0358. The van der Waals surface area contributed by atoms with Crippen molar-refractivity contribution in [2.75, 3.05) is 0 Å². The molecule has 0 unspecified atom stereocenters. The summed E-state index contributed by atoms with van der Waals surface area (Å²) >= 11 is 0. The molecule has 0 saturated heterocycles. The van der Waals surface area contributed by atoms with Gasteiger partial charge in [0.25, 0.3) is 10.0 Å². The van der Waals surface area contributed by atoms with E-state index in [4.69, 9.17) is 4.84 Å². The zero-order valence-corrected chi connectivity index (χ0v) is 11.1. The number of halogens is 1. The van der Waals surface area contributed by atoms with E-state index in [9.17, 15) is 12.8 Å². The van der Waals surface area contributed by atoms with E-state index in [1.165, 1.54) is 12.1 Å². The van der Waals surface area contributed by atoms with Crippen molar-refractivity contribution in [2.24, 2.45) is 0 Å². The highest BCUT2D eigenvalue weighted by atomic mass is 32.2. The summed E-state index contributed by atoms with van der Waals surface area (Å²) in [6, 6.07) is 3.86. The first-order valence-corrected chi connectivity index (χ1v) is 6.56. The summed E-state index contributed by atoms with van der Waals surface area (Å²) < 4.78 is 37.0. The first-order valence-electron chi connectivity index (χ1n) is 5.08.